The quantitative estimate of drug-likeness (QED) is 0.727. The largest absolute Gasteiger partial charge is 0.481 e. The van der Waals surface area contributed by atoms with Gasteiger partial charge in [0.05, 0.1) is 24.9 Å². The highest BCUT2D eigenvalue weighted by molar-refractivity contribution is 5.89. The number of methoxy groups -OCH3 is 1. The Morgan fingerprint density at radius 3 is 2.44 bits per heavy atom. The van der Waals surface area contributed by atoms with Crippen molar-refractivity contribution in [3.63, 3.8) is 0 Å². The zero-order chi connectivity index (χ0) is 24.5. The molecule has 2 amide bonds. The number of anilines is 2. The second kappa shape index (κ2) is 9.51. The summed E-state index contributed by atoms with van der Waals surface area (Å²) in [5, 5.41) is 13.0. The molecule has 180 valence electrons. The van der Waals surface area contributed by atoms with Gasteiger partial charge in [-0.25, -0.2) is 4.79 Å². The van der Waals surface area contributed by atoms with Crippen molar-refractivity contribution >= 4 is 17.5 Å². The minimum absolute atomic E-state index is 0.118. The second-order valence-electron chi connectivity index (χ2n) is 9.79. The van der Waals surface area contributed by atoms with Crippen LogP contribution in [0.3, 0.4) is 0 Å². The topological polar surface area (TPSA) is 90.7 Å². The number of fused-ring (bicyclic) bond motifs is 1. The van der Waals surface area contributed by atoms with Gasteiger partial charge in [0.1, 0.15) is 6.07 Å². The molecule has 0 atom stereocenters. The zero-order valence-electron chi connectivity index (χ0n) is 20.6. The predicted molar refractivity (Wildman–Crippen MR) is 131 cm³/mol. The van der Waals surface area contributed by atoms with Gasteiger partial charge in [-0.2, -0.15) is 10.2 Å². The molecule has 2 aromatic rings. The van der Waals surface area contributed by atoms with Crippen molar-refractivity contribution in [1.29, 1.82) is 5.26 Å². The molecule has 0 bridgehead atoms. The molecule has 1 saturated heterocycles. The number of pyridine rings is 1. The van der Waals surface area contributed by atoms with Crippen LogP contribution in [0.2, 0.25) is 0 Å². The number of benzene rings is 1. The van der Waals surface area contributed by atoms with E-state index in [1.807, 2.05) is 38.1 Å². The van der Waals surface area contributed by atoms with Crippen LogP contribution >= 0.6 is 0 Å². The van der Waals surface area contributed by atoms with Crippen LogP contribution < -0.4 is 15.0 Å². The highest BCUT2D eigenvalue weighted by Gasteiger charge is 2.34. The number of hydrogen-bond donors (Lipinski definition) is 1. The van der Waals surface area contributed by atoms with Crippen molar-refractivity contribution in [3.05, 3.63) is 46.5 Å². The van der Waals surface area contributed by atoms with Gasteiger partial charge < -0.3 is 24.6 Å². The number of nitrogens with one attached hydrogen (secondary N) is 1. The Morgan fingerprint density at radius 2 is 1.85 bits per heavy atom. The van der Waals surface area contributed by atoms with Crippen LogP contribution in [0.5, 0.6) is 5.88 Å². The first-order chi connectivity index (χ1) is 16.2. The molecule has 8 heteroatoms. The summed E-state index contributed by atoms with van der Waals surface area (Å²) >= 11 is 0. The smallest absolute Gasteiger partial charge is 0.321 e. The molecule has 0 saturated carbocycles. The number of piperazine rings is 1. The lowest BCUT2D eigenvalue weighted by molar-refractivity contribution is -0.0412. The summed E-state index contributed by atoms with van der Waals surface area (Å²) in [6, 6.07) is 10.2. The maximum absolute atomic E-state index is 12.8. The summed E-state index contributed by atoms with van der Waals surface area (Å²) in [7, 11) is 1.59. The molecule has 0 aliphatic carbocycles. The van der Waals surface area contributed by atoms with Crippen molar-refractivity contribution in [1.82, 2.24) is 9.88 Å². The number of urea groups is 1. The summed E-state index contributed by atoms with van der Waals surface area (Å²) in [6.45, 7) is 11.0. The van der Waals surface area contributed by atoms with Gasteiger partial charge in [-0.15, -0.1) is 0 Å². The van der Waals surface area contributed by atoms with Crippen LogP contribution in [0.1, 0.15) is 55.9 Å². The third-order valence-corrected chi connectivity index (χ3v) is 6.57. The molecule has 1 aromatic carbocycles. The monoisotopic (exact) mass is 463 g/mol. The molecule has 34 heavy (non-hydrogen) atoms. The van der Waals surface area contributed by atoms with Gasteiger partial charge in [-0.05, 0) is 43.0 Å². The van der Waals surface area contributed by atoms with Crippen molar-refractivity contribution in [2.75, 3.05) is 43.5 Å². The van der Waals surface area contributed by atoms with Gasteiger partial charge in [0.15, 0.2) is 5.82 Å². The van der Waals surface area contributed by atoms with Crippen LogP contribution in [0, 0.1) is 11.3 Å². The van der Waals surface area contributed by atoms with E-state index in [0.29, 0.717) is 62.4 Å². The lowest BCUT2D eigenvalue weighted by Gasteiger charge is -2.38. The van der Waals surface area contributed by atoms with Crippen LogP contribution in [-0.2, 0) is 17.8 Å². The van der Waals surface area contributed by atoms with E-state index < -0.39 is 0 Å². The molecule has 1 fully saturated rings. The van der Waals surface area contributed by atoms with Gasteiger partial charge in [-0.3, -0.25) is 0 Å². The zero-order valence-corrected chi connectivity index (χ0v) is 20.6. The summed E-state index contributed by atoms with van der Waals surface area (Å²) < 4.78 is 11.5. The van der Waals surface area contributed by atoms with Crippen LogP contribution in [0.4, 0.5) is 16.3 Å². The van der Waals surface area contributed by atoms with Crippen molar-refractivity contribution < 1.29 is 14.3 Å². The number of aromatic nitrogens is 1. The summed E-state index contributed by atoms with van der Waals surface area (Å²) in [5.41, 5.74) is 4.05. The minimum atomic E-state index is -0.355. The summed E-state index contributed by atoms with van der Waals surface area (Å²) in [6.07, 6.45) is 0.620. The minimum Gasteiger partial charge on any atom is -0.481 e. The van der Waals surface area contributed by atoms with Crippen LogP contribution in [0.25, 0.3) is 0 Å². The number of carbonyl (C=O) groups excluding carboxylic acids is 1. The van der Waals surface area contributed by atoms with Crippen LogP contribution in [-0.4, -0.2) is 54.8 Å². The maximum atomic E-state index is 12.8. The molecule has 0 spiro atoms. The normalized spacial score (nSPS) is 17.2. The number of carbonyl (C=O) groups is 1. The van der Waals surface area contributed by atoms with Crippen molar-refractivity contribution in [3.8, 4) is 11.9 Å². The highest BCUT2D eigenvalue weighted by Crippen LogP contribution is 2.38. The molecule has 2 aliphatic heterocycles. The average Bonchev–Trinajstić information content (AvgIpc) is 2.82. The number of nitrogens with zero attached hydrogens (tertiary/aromatic N) is 4. The number of ether oxygens (including phenoxy) is 2. The van der Waals surface area contributed by atoms with Crippen LogP contribution in [0.15, 0.2) is 24.3 Å². The van der Waals surface area contributed by atoms with Crippen molar-refractivity contribution in [2.24, 2.45) is 0 Å². The van der Waals surface area contributed by atoms with E-state index in [4.69, 9.17) is 9.47 Å². The predicted octanol–water partition coefficient (Wildman–Crippen LogP) is 4.29. The molecule has 1 N–H and O–H groups in total. The van der Waals surface area contributed by atoms with Gasteiger partial charge >= 0.3 is 6.03 Å². The molecule has 2 aliphatic rings. The number of rotatable bonds is 4. The third-order valence-electron chi connectivity index (χ3n) is 6.57. The van der Waals surface area contributed by atoms with E-state index in [-0.39, 0.29) is 11.6 Å². The molecule has 3 heterocycles. The molecule has 4 rings (SSSR count). The number of amides is 2. The Labute approximate surface area is 201 Å². The molecule has 0 radical (unpaired) electrons. The summed E-state index contributed by atoms with van der Waals surface area (Å²) in [5.74, 6) is 1.58. The Bertz CT molecular complexity index is 1100. The fourth-order valence-electron chi connectivity index (χ4n) is 4.51. The molecule has 0 unspecified atom stereocenters. The average molecular weight is 464 g/mol. The van der Waals surface area contributed by atoms with Gasteiger partial charge in [0, 0.05) is 43.9 Å². The number of nitriles is 1. The molecular weight excluding hydrogens is 430 g/mol. The Balaban J connectivity index is 1.48. The fraction of sp³-hybridized carbons (Fsp3) is 0.500. The van der Waals surface area contributed by atoms with E-state index in [9.17, 15) is 10.1 Å². The van der Waals surface area contributed by atoms with Crippen molar-refractivity contribution in [2.45, 2.75) is 52.2 Å². The van der Waals surface area contributed by atoms with E-state index in [1.165, 1.54) is 5.56 Å². The van der Waals surface area contributed by atoms with Gasteiger partial charge in [0.25, 0.3) is 0 Å². The van der Waals surface area contributed by atoms with E-state index in [1.54, 1.807) is 12.0 Å². The van der Waals surface area contributed by atoms with Gasteiger partial charge in [0.2, 0.25) is 5.88 Å². The maximum Gasteiger partial charge on any atom is 0.321 e. The Morgan fingerprint density at radius 1 is 1.18 bits per heavy atom. The second-order valence-corrected chi connectivity index (χ2v) is 9.79. The molecule has 8 nitrogen and oxygen atoms in total. The fourth-order valence-corrected chi connectivity index (χ4v) is 4.51. The number of hydrogen-bond acceptors (Lipinski definition) is 6. The lowest BCUT2D eigenvalue weighted by Crippen LogP contribution is -2.50. The van der Waals surface area contributed by atoms with Gasteiger partial charge in [-0.1, -0.05) is 26.0 Å². The molecular formula is C26H33N5O3. The van der Waals surface area contributed by atoms with E-state index in [0.717, 1.165) is 16.8 Å². The third kappa shape index (κ3) is 4.80. The highest BCUT2D eigenvalue weighted by atomic mass is 16.5. The Hall–Kier alpha value is -3.31. The molecule has 1 aromatic heterocycles. The van der Waals surface area contributed by atoms with E-state index in [2.05, 4.69) is 35.1 Å². The first-order valence-electron chi connectivity index (χ1n) is 11.8. The Kier molecular flexibility index (Phi) is 6.67. The van der Waals surface area contributed by atoms with E-state index >= 15 is 0 Å². The first-order valence-corrected chi connectivity index (χ1v) is 11.8. The standard InChI is InChI=1S/C26H33N5O3/c1-17(2)18-6-8-19(9-7-18)28-25(32)31-12-10-30(11-13-31)23-21(15-27)20-14-26(3,4)34-16-22(20)24(29-23)33-5/h6-9,17H,10-14,16H2,1-5H3,(H,28,32). The SMILES string of the molecule is COc1nc(N2CCN(C(=O)Nc3ccc(C(C)C)cc3)CC2)c(C#N)c2c1COC(C)(C)C2. The summed E-state index contributed by atoms with van der Waals surface area (Å²) in [4.78, 5) is 21.4. The first kappa shape index (κ1) is 23.8. The lowest BCUT2D eigenvalue weighted by atomic mass is 9.89.